The van der Waals surface area contributed by atoms with E-state index >= 15 is 0 Å². The fourth-order valence-electron chi connectivity index (χ4n) is 0.999. The van der Waals surface area contributed by atoms with Crippen molar-refractivity contribution in [2.45, 2.75) is 39.5 Å². The maximum atomic E-state index is 10.6. The molecule has 0 bridgehead atoms. The lowest BCUT2D eigenvalue weighted by Crippen LogP contribution is -2.12. The van der Waals surface area contributed by atoms with E-state index in [-0.39, 0.29) is 5.91 Å². The van der Waals surface area contributed by atoms with Gasteiger partial charge in [0.15, 0.2) is 0 Å². The van der Waals surface area contributed by atoms with Crippen molar-refractivity contribution in [3.63, 3.8) is 0 Å². The average molecular weight is 199 g/mol. The SMILES string of the molecule is CCCCCCOC/C=C(\C)C(N)=O. The average Bonchev–Trinajstić information content (AvgIpc) is 2.16. The summed E-state index contributed by atoms with van der Waals surface area (Å²) in [6.45, 7) is 5.13. The van der Waals surface area contributed by atoms with Crippen LogP contribution in [0.15, 0.2) is 11.6 Å². The molecule has 3 heteroatoms. The molecule has 3 nitrogen and oxygen atoms in total. The molecule has 0 unspecified atom stereocenters. The van der Waals surface area contributed by atoms with Gasteiger partial charge in [-0.05, 0) is 13.3 Å². The van der Waals surface area contributed by atoms with Crippen molar-refractivity contribution in [2.75, 3.05) is 13.2 Å². The summed E-state index contributed by atoms with van der Waals surface area (Å²) < 4.78 is 5.32. The quantitative estimate of drug-likeness (QED) is 0.480. The van der Waals surface area contributed by atoms with E-state index in [1.807, 2.05) is 0 Å². The molecular formula is C11H21NO2. The number of carbonyl (C=O) groups is 1. The minimum Gasteiger partial charge on any atom is -0.377 e. The number of carbonyl (C=O) groups excluding carboxylic acids is 1. The highest BCUT2D eigenvalue weighted by Crippen LogP contribution is 1.99. The van der Waals surface area contributed by atoms with Gasteiger partial charge in [0.25, 0.3) is 0 Å². The van der Waals surface area contributed by atoms with Crippen LogP contribution in [0.25, 0.3) is 0 Å². The molecule has 0 aromatic rings. The Morgan fingerprint density at radius 1 is 1.36 bits per heavy atom. The fraction of sp³-hybridized carbons (Fsp3) is 0.727. The molecule has 1 amide bonds. The maximum Gasteiger partial charge on any atom is 0.244 e. The zero-order chi connectivity index (χ0) is 10.8. The Kier molecular flexibility index (Phi) is 8.24. The van der Waals surface area contributed by atoms with Crippen molar-refractivity contribution >= 4 is 5.91 Å². The zero-order valence-corrected chi connectivity index (χ0v) is 9.21. The second kappa shape index (κ2) is 8.75. The van der Waals surface area contributed by atoms with E-state index in [1.165, 1.54) is 19.3 Å². The first-order valence-corrected chi connectivity index (χ1v) is 5.22. The lowest BCUT2D eigenvalue weighted by molar-refractivity contribution is -0.114. The molecule has 0 radical (unpaired) electrons. The Morgan fingerprint density at radius 2 is 2.07 bits per heavy atom. The first-order chi connectivity index (χ1) is 6.68. The Hall–Kier alpha value is -0.830. The molecule has 0 fully saturated rings. The second-order valence-corrected chi connectivity index (χ2v) is 3.39. The first-order valence-electron chi connectivity index (χ1n) is 5.22. The van der Waals surface area contributed by atoms with Crippen LogP contribution in [-0.4, -0.2) is 19.1 Å². The van der Waals surface area contributed by atoms with Gasteiger partial charge < -0.3 is 10.5 Å². The number of hydrogen-bond acceptors (Lipinski definition) is 2. The van der Waals surface area contributed by atoms with Gasteiger partial charge in [-0.3, -0.25) is 4.79 Å². The lowest BCUT2D eigenvalue weighted by Gasteiger charge is -2.01. The summed E-state index contributed by atoms with van der Waals surface area (Å²) in [7, 11) is 0. The van der Waals surface area contributed by atoms with Gasteiger partial charge in [-0.1, -0.05) is 32.3 Å². The molecule has 0 rings (SSSR count). The third-order valence-electron chi connectivity index (χ3n) is 2.04. The van der Waals surface area contributed by atoms with E-state index in [1.54, 1.807) is 13.0 Å². The molecule has 0 spiro atoms. The molecule has 0 aliphatic rings. The predicted molar refractivity (Wildman–Crippen MR) is 57.9 cm³/mol. The zero-order valence-electron chi connectivity index (χ0n) is 9.21. The standard InChI is InChI=1S/C11H21NO2/c1-3-4-5-6-8-14-9-7-10(2)11(12)13/h7H,3-6,8-9H2,1-2H3,(H2,12,13)/b10-7+. The van der Waals surface area contributed by atoms with E-state index in [2.05, 4.69) is 6.92 Å². The summed E-state index contributed by atoms with van der Waals surface area (Å²) in [5.41, 5.74) is 5.62. The normalized spacial score (nSPS) is 11.7. The highest BCUT2D eigenvalue weighted by atomic mass is 16.5. The van der Waals surface area contributed by atoms with Crippen LogP contribution in [0.1, 0.15) is 39.5 Å². The molecule has 0 aromatic heterocycles. The van der Waals surface area contributed by atoms with Crippen LogP contribution in [0.5, 0.6) is 0 Å². The summed E-state index contributed by atoms with van der Waals surface area (Å²) in [5, 5.41) is 0. The van der Waals surface area contributed by atoms with Crippen LogP contribution in [0.4, 0.5) is 0 Å². The second-order valence-electron chi connectivity index (χ2n) is 3.39. The van der Waals surface area contributed by atoms with Gasteiger partial charge in [-0.2, -0.15) is 0 Å². The molecule has 0 saturated carbocycles. The van der Waals surface area contributed by atoms with Crippen LogP contribution in [0.3, 0.4) is 0 Å². The summed E-state index contributed by atoms with van der Waals surface area (Å²) in [6.07, 6.45) is 6.54. The molecule has 0 heterocycles. The number of rotatable bonds is 8. The number of ether oxygens (including phenoxy) is 1. The largest absolute Gasteiger partial charge is 0.377 e. The summed E-state index contributed by atoms with van der Waals surface area (Å²) >= 11 is 0. The van der Waals surface area contributed by atoms with Gasteiger partial charge in [0.2, 0.25) is 5.91 Å². The molecular weight excluding hydrogens is 178 g/mol. The monoisotopic (exact) mass is 199 g/mol. The third kappa shape index (κ3) is 7.80. The van der Waals surface area contributed by atoms with E-state index in [9.17, 15) is 4.79 Å². The first kappa shape index (κ1) is 13.2. The van der Waals surface area contributed by atoms with Gasteiger partial charge in [-0.25, -0.2) is 0 Å². The number of amides is 1. The van der Waals surface area contributed by atoms with Crippen LogP contribution in [0.2, 0.25) is 0 Å². The van der Waals surface area contributed by atoms with Crippen molar-refractivity contribution < 1.29 is 9.53 Å². The van der Waals surface area contributed by atoms with Gasteiger partial charge in [0.1, 0.15) is 0 Å². The van der Waals surface area contributed by atoms with E-state index in [4.69, 9.17) is 10.5 Å². The molecule has 2 N–H and O–H groups in total. The smallest absolute Gasteiger partial charge is 0.244 e. The van der Waals surface area contributed by atoms with Gasteiger partial charge in [-0.15, -0.1) is 0 Å². The molecule has 0 saturated heterocycles. The minimum absolute atomic E-state index is 0.375. The summed E-state index contributed by atoms with van der Waals surface area (Å²) in [6, 6.07) is 0. The summed E-state index contributed by atoms with van der Waals surface area (Å²) in [5.74, 6) is -0.375. The van der Waals surface area contributed by atoms with Crippen molar-refractivity contribution in [3.05, 3.63) is 11.6 Å². The minimum atomic E-state index is -0.375. The van der Waals surface area contributed by atoms with Crippen LogP contribution < -0.4 is 5.73 Å². The number of primary amides is 1. The maximum absolute atomic E-state index is 10.6. The van der Waals surface area contributed by atoms with E-state index in [0.29, 0.717) is 12.2 Å². The number of nitrogens with two attached hydrogens (primary N) is 1. The molecule has 14 heavy (non-hydrogen) atoms. The predicted octanol–water partition coefficient (Wildman–Crippen LogP) is 2.01. The highest BCUT2D eigenvalue weighted by Gasteiger charge is 1.95. The molecule has 0 aliphatic carbocycles. The number of unbranched alkanes of at least 4 members (excludes halogenated alkanes) is 3. The van der Waals surface area contributed by atoms with E-state index < -0.39 is 0 Å². The van der Waals surface area contributed by atoms with Crippen molar-refractivity contribution in [1.82, 2.24) is 0 Å². The third-order valence-corrected chi connectivity index (χ3v) is 2.04. The summed E-state index contributed by atoms with van der Waals surface area (Å²) in [4.78, 5) is 10.6. The van der Waals surface area contributed by atoms with Crippen molar-refractivity contribution in [1.29, 1.82) is 0 Å². The fourth-order valence-corrected chi connectivity index (χ4v) is 0.999. The van der Waals surface area contributed by atoms with Crippen LogP contribution >= 0.6 is 0 Å². The van der Waals surface area contributed by atoms with Gasteiger partial charge in [0.05, 0.1) is 6.61 Å². The topological polar surface area (TPSA) is 52.3 Å². The van der Waals surface area contributed by atoms with Gasteiger partial charge >= 0.3 is 0 Å². The highest BCUT2D eigenvalue weighted by molar-refractivity contribution is 5.91. The molecule has 0 atom stereocenters. The van der Waals surface area contributed by atoms with Crippen LogP contribution in [-0.2, 0) is 9.53 Å². The Morgan fingerprint density at radius 3 is 2.64 bits per heavy atom. The van der Waals surface area contributed by atoms with Crippen LogP contribution in [0, 0.1) is 0 Å². The van der Waals surface area contributed by atoms with Crippen molar-refractivity contribution in [3.8, 4) is 0 Å². The molecule has 82 valence electrons. The molecule has 0 aromatic carbocycles. The van der Waals surface area contributed by atoms with Gasteiger partial charge in [0, 0.05) is 12.2 Å². The Bertz CT molecular complexity index is 188. The lowest BCUT2D eigenvalue weighted by atomic mass is 10.2. The van der Waals surface area contributed by atoms with E-state index in [0.717, 1.165) is 13.0 Å². The Labute approximate surface area is 86.3 Å². The number of hydrogen-bond donors (Lipinski definition) is 1. The van der Waals surface area contributed by atoms with Crippen molar-refractivity contribution in [2.24, 2.45) is 5.73 Å². The Balaban J connectivity index is 3.29. The molecule has 0 aliphatic heterocycles.